The Balaban J connectivity index is 1.68. The van der Waals surface area contributed by atoms with E-state index in [0.29, 0.717) is 11.2 Å². The van der Waals surface area contributed by atoms with E-state index in [0.717, 1.165) is 48.1 Å². The van der Waals surface area contributed by atoms with Crippen molar-refractivity contribution in [2.24, 2.45) is 0 Å². The number of aryl methyl sites for hydroxylation is 2. The van der Waals surface area contributed by atoms with Crippen LogP contribution in [-0.2, 0) is 23.0 Å². The summed E-state index contributed by atoms with van der Waals surface area (Å²) in [5.41, 5.74) is 3.07. The summed E-state index contributed by atoms with van der Waals surface area (Å²) < 4.78 is 31.2. The molecular weight excluding hydrogens is 380 g/mol. The molecule has 0 saturated carbocycles. The summed E-state index contributed by atoms with van der Waals surface area (Å²) in [6.45, 7) is 2.66. The fourth-order valence-corrected chi connectivity index (χ4v) is 6.09. The van der Waals surface area contributed by atoms with Gasteiger partial charge in [-0.2, -0.15) is 0 Å². The van der Waals surface area contributed by atoms with Crippen LogP contribution < -0.4 is 9.60 Å². The third-order valence-electron chi connectivity index (χ3n) is 5.06. The average molecular weight is 403 g/mol. The second-order valence-corrected chi connectivity index (χ2v) is 9.62. The van der Waals surface area contributed by atoms with Crippen molar-refractivity contribution in [3.05, 3.63) is 63.3 Å². The van der Waals surface area contributed by atoms with E-state index in [1.165, 1.54) is 5.56 Å². The van der Waals surface area contributed by atoms with Crippen LogP contribution >= 0.6 is 11.3 Å². The Morgan fingerprint density at radius 1 is 1.22 bits per heavy atom. The maximum absolute atomic E-state index is 13.0. The first-order chi connectivity index (χ1) is 13.0. The van der Waals surface area contributed by atoms with E-state index in [4.69, 9.17) is 0 Å². The van der Waals surface area contributed by atoms with Crippen LogP contribution in [0.2, 0.25) is 0 Å². The monoisotopic (exact) mass is 402 g/mol. The normalized spacial score (nSPS) is 17.1. The van der Waals surface area contributed by atoms with Crippen LogP contribution in [-0.4, -0.2) is 13.0 Å². The van der Waals surface area contributed by atoms with Gasteiger partial charge in [-0.1, -0.05) is 42.5 Å². The molecule has 1 atom stereocenters. The van der Waals surface area contributed by atoms with Crippen LogP contribution in [0.1, 0.15) is 43.4 Å². The number of sulfonamides is 1. The van der Waals surface area contributed by atoms with Crippen LogP contribution in [0.3, 0.4) is 0 Å². The summed E-state index contributed by atoms with van der Waals surface area (Å²) in [6.07, 6.45) is 3.59. The first-order valence-corrected chi connectivity index (χ1v) is 11.5. The smallest absolute Gasteiger partial charge is 0.299 e. The molecule has 0 unspecified atom stereocenters. The van der Waals surface area contributed by atoms with E-state index in [1.54, 1.807) is 22.8 Å². The van der Waals surface area contributed by atoms with Crippen LogP contribution in [0.25, 0.3) is 10.2 Å². The fourth-order valence-electron chi connectivity index (χ4n) is 3.78. The van der Waals surface area contributed by atoms with E-state index in [9.17, 15) is 13.2 Å². The highest BCUT2D eigenvalue weighted by Gasteiger charge is 2.26. The number of fused-ring (bicyclic) bond motifs is 2. The first-order valence-electron chi connectivity index (χ1n) is 9.23. The molecule has 0 amide bonds. The Hall–Kier alpha value is -1.96. The second-order valence-electron chi connectivity index (χ2n) is 6.91. The summed E-state index contributed by atoms with van der Waals surface area (Å²) in [5.74, 6) is 0. The van der Waals surface area contributed by atoms with Gasteiger partial charge in [0.2, 0.25) is 10.0 Å². The van der Waals surface area contributed by atoms with E-state index >= 15 is 0 Å². The number of nitrogens with zero attached hydrogens (tertiary/aromatic N) is 1. The van der Waals surface area contributed by atoms with Gasteiger partial charge in [-0.25, -0.2) is 13.1 Å². The molecule has 1 N–H and O–H groups in total. The number of hydrogen-bond donors (Lipinski definition) is 1. The molecule has 142 valence electrons. The molecule has 27 heavy (non-hydrogen) atoms. The SMILES string of the molecule is CCCn1c(=O)sc2cc(S(=O)(=O)N[C@@H]3CCCc4ccccc43)ccc21. The van der Waals surface area contributed by atoms with Gasteiger partial charge >= 0.3 is 4.87 Å². The predicted molar refractivity (Wildman–Crippen MR) is 109 cm³/mol. The minimum absolute atomic E-state index is 0.0458. The predicted octanol–water partition coefficient (Wildman–Crippen LogP) is 3.83. The Kier molecular flexibility index (Phi) is 4.92. The highest BCUT2D eigenvalue weighted by molar-refractivity contribution is 7.89. The lowest BCUT2D eigenvalue weighted by atomic mass is 9.88. The molecule has 1 aliphatic rings. The highest BCUT2D eigenvalue weighted by Crippen LogP contribution is 2.31. The molecule has 0 spiro atoms. The second kappa shape index (κ2) is 7.22. The van der Waals surface area contributed by atoms with Crippen molar-refractivity contribution in [2.45, 2.75) is 50.1 Å². The van der Waals surface area contributed by atoms with Crippen molar-refractivity contribution in [3.8, 4) is 0 Å². The Morgan fingerprint density at radius 2 is 2.04 bits per heavy atom. The van der Waals surface area contributed by atoms with Gasteiger partial charge in [0.15, 0.2) is 0 Å². The molecule has 0 bridgehead atoms. The third kappa shape index (κ3) is 3.47. The third-order valence-corrected chi connectivity index (χ3v) is 7.48. The van der Waals surface area contributed by atoms with E-state index in [1.807, 2.05) is 25.1 Å². The van der Waals surface area contributed by atoms with Crippen molar-refractivity contribution in [1.29, 1.82) is 0 Å². The highest BCUT2D eigenvalue weighted by atomic mass is 32.2. The lowest BCUT2D eigenvalue weighted by molar-refractivity contribution is 0.507. The summed E-state index contributed by atoms with van der Waals surface area (Å²) in [5, 5.41) is 0. The lowest BCUT2D eigenvalue weighted by Crippen LogP contribution is -2.31. The van der Waals surface area contributed by atoms with Crippen molar-refractivity contribution in [2.75, 3.05) is 0 Å². The van der Waals surface area contributed by atoms with Gasteiger partial charge in [-0.3, -0.25) is 9.36 Å². The van der Waals surface area contributed by atoms with Gasteiger partial charge in [0, 0.05) is 12.6 Å². The maximum Gasteiger partial charge on any atom is 0.308 e. The van der Waals surface area contributed by atoms with Gasteiger partial charge < -0.3 is 0 Å². The zero-order valence-corrected chi connectivity index (χ0v) is 16.8. The number of thiazole rings is 1. The first kappa shape index (κ1) is 18.4. The molecule has 5 nitrogen and oxygen atoms in total. The molecular formula is C20H22N2O3S2. The zero-order valence-electron chi connectivity index (χ0n) is 15.1. The summed E-state index contributed by atoms with van der Waals surface area (Å²) in [6, 6.07) is 12.8. The van der Waals surface area contributed by atoms with Gasteiger partial charge in [0.1, 0.15) is 0 Å². The molecule has 0 fully saturated rings. The molecule has 0 radical (unpaired) electrons. The van der Waals surface area contributed by atoms with Crippen LogP contribution in [0.15, 0.2) is 52.2 Å². The van der Waals surface area contributed by atoms with Gasteiger partial charge in [0.05, 0.1) is 15.1 Å². The molecule has 1 aliphatic carbocycles. The molecule has 2 aromatic carbocycles. The van der Waals surface area contributed by atoms with Crippen molar-refractivity contribution in [3.63, 3.8) is 0 Å². The van der Waals surface area contributed by atoms with Crippen molar-refractivity contribution in [1.82, 2.24) is 9.29 Å². The standard InChI is InChI=1S/C20H22N2O3S2/c1-2-12-22-18-11-10-15(13-19(18)26-20(22)23)27(24,25)21-17-9-5-7-14-6-3-4-8-16(14)17/h3-4,6,8,10-11,13,17,21H,2,5,7,9,12H2,1H3/t17-/m1/s1. The molecule has 4 rings (SSSR count). The zero-order chi connectivity index (χ0) is 19.0. The lowest BCUT2D eigenvalue weighted by Gasteiger charge is -2.26. The fraction of sp³-hybridized carbons (Fsp3) is 0.350. The molecule has 0 aliphatic heterocycles. The topological polar surface area (TPSA) is 68.2 Å². The maximum atomic E-state index is 13.0. The number of hydrogen-bond acceptors (Lipinski definition) is 4. The Bertz CT molecular complexity index is 1150. The van der Waals surface area contributed by atoms with E-state index < -0.39 is 10.0 Å². The molecule has 1 aromatic heterocycles. The molecule has 1 heterocycles. The van der Waals surface area contributed by atoms with Crippen LogP contribution in [0.4, 0.5) is 0 Å². The molecule has 3 aromatic rings. The van der Waals surface area contributed by atoms with Gasteiger partial charge in [-0.15, -0.1) is 0 Å². The minimum atomic E-state index is -3.66. The van der Waals surface area contributed by atoms with Crippen LogP contribution in [0, 0.1) is 0 Å². The Morgan fingerprint density at radius 3 is 2.85 bits per heavy atom. The number of benzene rings is 2. The van der Waals surface area contributed by atoms with Crippen molar-refractivity contribution < 1.29 is 8.42 Å². The van der Waals surface area contributed by atoms with E-state index in [-0.39, 0.29) is 15.8 Å². The number of rotatable bonds is 5. The summed E-state index contributed by atoms with van der Waals surface area (Å²) in [7, 11) is -3.66. The number of nitrogens with one attached hydrogen (secondary N) is 1. The van der Waals surface area contributed by atoms with E-state index in [2.05, 4.69) is 10.8 Å². The number of aromatic nitrogens is 1. The van der Waals surface area contributed by atoms with Crippen molar-refractivity contribution >= 4 is 31.6 Å². The van der Waals surface area contributed by atoms with Gasteiger partial charge in [0.25, 0.3) is 0 Å². The Labute approximate surface area is 162 Å². The van der Waals surface area contributed by atoms with Crippen LogP contribution in [0.5, 0.6) is 0 Å². The quantitative estimate of drug-likeness (QED) is 0.705. The minimum Gasteiger partial charge on any atom is -0.299 e. The van der Waals surface area contributed by atoms with Gasteiger partial charge in [-0.05, 0) is 55.0 Å². The molecule has 0 saturated heterocycles. The molecule has 7 heteroatoms. The largest absolute Gasteiger partial charge is 0.308 e. The summed E-state index contributed by atoms with van der Waals surface area (Å²) in [4.78, 5) is 12.3. The average Bonchev–Trinajstić information content (AvgIpc) is 2.97. The summed E-state index contributed by atoms with van der Waals surface area (Å²) >= 11 is 1.10.